The van der Waals surface area contributed by atoms with E-state index in [4.69, 9.17) is 74.3 Å². The molecule has 31 heavy (non-hydrogen) atoms. The van der Waals surface area contributed by atoms with Crippen molar-refractivity contribution >= 4 is 93.2 Å². The van der Waals surface area contributed by atoms with E-state index < -0.39 is 36.2 Å². The van der Waals surface area contributed by atoms with Gasteiger partial charge in [-0.05, 0) is 25.1 Å². The first-order chi connectivity index (χ1) is 14.5. The van der Waals surface area contributed by atoms with E-state index in [0.717, 1.165) is 0 Å². The number of carbonyl (C=O) groups is 4. The van der Waals surface area contributed by atoms with Crippen LogP contribution in [0.5, 0.6) is 0 Å². The van der Waals surface area contributed by atoms with Crippen LogP contribution in [0, 0.1) is 0 Å². The van der Waals surface area contributed by atoms with Crippen LogP contribution < -0.4 is 0 Å². The largest absolute Gasteiger partial charge is 0.456 e. The number of hydrogen-bond donors (Lipinski definition) is 0. The van der Waals surface area contributed by atoms with Crippen molar-refractivity contribution in [1.82, 2.24) is 4.90 Å². The van der Waals surface area contributed by atoms with Crippen LogP contribution in [0.15, 0.2) is 18.2 Å². The molecule has 0 aromatic heterocycles. The van der Waals surface area contributed by atoms with Gasteiger partial charge in [0.25, 0.3) is 11.8 Å². The summed E-state index contributed by atoms with van der Waals surface area (Å²) in [6.45, 7) is 0.571. The minimum atomic E-state index is -1.40. The third kappa shape index (κ3) is 4.25. The number of imide groups is 1. The average molecular weight is 544 g/mol. The lowest BCUT2D eigenvalue weighted by molar-refractivity contribution is -0.146. The molecule has 2 aromatic carbocycles. The van der Waals surface area contributed by atoms with Gasteiger partial charge in [-0.1, -0.05) is 69.6 Å². The Morgan fingerprint density at radius 1 is 0.903 bits per heavy atom. The quantitative estimate of drug-likeness (QED) is 0.151. The van der Waals surface area contributed by atoms with E-state index in [2.05, 4.69) is 0 Å². The Morgan fingerprint density at radius 3 is 1.90 bits per heavy atom. The van der Waals surface area contributed by atoms with E-state index in [9.17, 15) is 19.2 Å². The van der Waals surface area contributed by atoms with Crippen LogP contribution in [0.4, 0.5) is 0 Å². The molecule has 0 bridgehead atoms. The Labute approximate surface area is 205 Å². The number of carbonyl (C=O) groups excluding carboxylic acids is 4. The maximum atomic E-state index is 12.8. The van der Waals surface area contributed by atoms with Gasteiger partial charge in [0.15, 0.2) is 6.61 Å². The maximum absolute atomic E-state index is 12.8. The summed E-state index contributed by atoms with van der Waals surface area (Å²) < 4.78 is 4.98. The van der Waals surface area contributed by atoms with E-state index in [0.29, 0.717) is 9.92 Å². The van der Waals surface area contributed by atoms with Crippen molar-refractivity contribution in [3.63, 3.8) is 0 Å². The first kappa shape index (κ1) is 24.1. The number of nitrogens with zero attached hydrogens (tertiary/aromatic N) is 1. The lowest BCUT2D eigenvalue weighted by Crippen LogP contribution is -2.44. The number of benzene rings is 2. The van der Waals surface area contributed by atoms with Crippen molar-refractivity contribution in [2.45, 2.75) is 13.0 Å². The van der Waals surface area contributed by atoms with Gasteiger partial charge >= 0.3 is 5.97 Å². The normalized spacial score (nSPS) is 14.0. The maximum Gasteiger partial charge on any atom is 0.329 e. The van der Waals surface area contributed by atoms with Gasteiger partial charge in [-0.15, -0.1) is 0 Å². The summed E-state index contributed by atoms with van der Waals surface area (Å²) in [5, 5.41) is -0.512. The summed E-state index contributed by atoms with van der Waals surface area (Å²) in [7, 11) is 0. The summed E-state index contributed by atoms with van der Waals surface area (Å²) in [5.41, 5.74) is -0.445. The fourth-order valence-corrected chi connectivity index (χ4v) is 4.40. The average Bonchev–Trinajstić information content (AvgIpc) is 2.98. The summed E-state index contributed by atoms with van der Waals surface area (Å²) in [5.74, 6) is -3.42. The van der Waals surface area contributed by atoms with Crippen molar-refractivity contribution in [3.05, 3.63) is 65.0 Å². The second-order valence-electron chi connectivity index (χ2n) is 6.32. The number of esters is 1. The smallest absolute Gasteiger partial charge is 0.329 e. The van der Waals surface area contributed by atoms with E-state index in [1.54, 1.807) is 0 Å². The number of Topliss-reactive ketones (excluding diaryl/α,β-unsaturated/α-hetero) is 1. The second kappa shape index (κ2) is 9.14. The van der Waals surface area contributed by atoms with Gasteiger partial charge in [-0.3, -0.25) is 19.3 Å². The molecule has 0 aliphatic carbocycles. The van der Waals surface area contributed by atoms with E-state index in [1.807, 2.05) is 0 Å². The fourth-order valence-electron chi connectivity index (χ4n) is 2.87. The van der Waals surface area contributed by atoms with E-state index >= 15 is 0 Å². The highest BCUT2D eigenvalue weighted by Crippen LogP contribution is 2.45. The van der Waals surface area contributed by atoms with Crippen LogP contribution in [0.1, 0.15) is 38.0 Å². The molecule has 1 aliphatic heterocycles. The number of ketones is 1. The van der Waals surface area contributed by atoms with Crippen molar-refractivity contribution in [3.8, 4) is 0 Å². The SMILES string of the molecule is CC(C(=O)OCC(=O)c1ccc(Cl)cc1Cl)N1C(=O)c2c(Cl)c(Cl)c(Cl)c(Cl)c2C1=O. The molecule has 1 heterocycles. The Morgan fingerprint density at radius 2 is 1.42 bits per heavy atom. The monoisotopic (exact) mass is 541 g/mol. The molecule has 2 amide bonds. The van der Waals surface area contributed by atoms with Crippen molar-refractivity contribution in [2.24, 2.45) is 0 Å². The van der Waals surface area contributed by atoms with Crippen LogP contribution in [-0.4, -0.2) is 41.1 Å². The Bertz CT molecular complexity index is 1120. The highest BCUT2D eigenvalue weighted by molar-refractivity contribution is 6.55. The second-order valence-corrected chi connectivity index (χ2v) is 8.67. The zero-order chi connectivity index (χ0) is 23.2. The standard InChI is InChI=1S/C19H9Cl6NO5/c1-6(19(30)31-5-10(27)8-3-2-7(20)4-9(8)21)26-17(28)11-12(18(26)29)14(23)16(25)15(24)13(11)22/h2-4,6H,5H2,1H3. The summed E-state index contributed by atoms with van der Waals surface area (Å²) in [6, 6.07) is 2.80. The van der Waals surface area contributed by atoms with Gasteiger partial charge in [0.2, 0.25) is 5.78 Å². The molecular formula is C19H9Cl6NO5. The molecule has 1 unspecified atom stereocenters. The van der Waals surface area contributed by atoms with Gasteiger partial charge in [0.05, 0.1) is 36.2 Å². The van der Waals surface area contributed by atoms with E-state index in [1.165, 1.54) is 25.1 Å². The van der Waals surface area contributed by atoms with E-state index in [-0.39, 0.29) is 41.8 Å². The predicted octanol–water partition coefficient (Wildman–Crippen LogP) is 6.02. The Balaban J connectivity index is 1.79. The number of halogens is 6. The van der Waals surface area contributed by atoms with Crippen LogP contribution in [0.2, 0.25) is 30.1 Å². The van der Waals surface area contributed by atoms with Crippen LogP contribution in [0.25, 0.3) is 0 Å². The van der Waals surface area contributed by atoms with Crippen LogP contribution >= 0.6 is 69.6 Å². The van der Waals surface area contributed by atoms with Crippen molar-refractivity contribution in [1.29, 1.82) is 0 Å². The zero-order valence-corrected chi connectivity index (χ0v) is 19.8. The van der Waals surface area contributed by atoms with Gasteiger partial charge in [0.1, 0.15) is 6.04 Å². The first-order valence-electron chi connectivity index (χ1n) is 8.36. The summed E-state index contributed by atoms with van der Waals surface area (Å²) in [4.78, 5) is 50.9. The van der Waals surface area contributed by atoms with Crippen molar-refractivity contribution in [2.75, 3.05) is 6.61 Å². The minimum Gasteiger partial charge on any atom is -0.456 e. The molecule has 1 atom stereocenters. The lowest BCUT2D eigenvalue weighted by atomic mass is 10.1. The zero-order valence-electron chi connectivity index (χ0n) is 15.3. The molecule has 3 rings (SSSR count). The van der Waals surface area contributed by atoms with Crippen molar-refractivity contribution < 1.29 is 23.9 Å². The van der Waals surface area contributed by atoms with Crippen LogP contribution in [0.3, 0.4) is 0 Å². The van der Waals surface area contributed by atoms with Gasteiger partial charge in [0, 0.05) is 10.6 Å². The third-order valence-electron chi connectivity index (χ3n) is 4.44. The molecule has 0 saturated carbocycles. The topological polar surface area (TPSA) is 80.8 Å². The fraction of sp³-hybridized carbons (Fsp3) is 0.158. The molecule has 0 N–H and O–H groups in total. The van der Waals surface area contributed by atoms with Gasteiger partial charge in [-0.25, -0.2) is 4.79 Å². The minimum absolute atomic E-state index is 0.0833. The molecule has 6 nitrogen and oxygen atoms in total. The number of hydrogen-bond acceptors (Lipinski definition) is 5. The molecule has 0 spiro atoms. The number of fused-ring (bicyclic) bond motifs is 1. The molecule has 162 valence electrons. The predicted molar refractivity (Wildman–Crippen MR) is 118 cm³/mol. The molecule has 0 fully saturated rings. The first-order valence-corrected chi connectivity index (χ1v) is 10.6. The Kier molecular flexibility index (Phi) is 7.11. The number of rotatable bonds is 5. The highest BCUT2D eigenvalue weighted by Gasteiger charge is 2.45. The Hall–Kier alpha value is -1.54. The summed E-state index contributed by atoms with van der Waals surface area (Å²) >= 11 is 35.8. The highest BCUT2D eigenvalue weighted by atomic mass is 35.5. The number of amides is 2. The van der Waals surface area contributed by atoms with Gasteiger partial charge in [-0.2, -0.15) is 0 Å². The molecule has 1 aliphatic rings. The molecule has 0 saturated heterocycles. The molecule has 12 heteroatoms. The molecule has 2 aromatic rings. The van der Waals surface area contributed by atoms with Gasteiger partial charge < -0.3 is 4.74 Å². The third-order valence-corrected chi connectivity index (χ3v) is 6.79. The lowest BCUT2D eigenvalue weighted by Gasteiger charge is -2.20. The summed E-state index contributed by atoms with van der Waals surface area (Å²) in [6.07, 6.45) is 0. The van der Waals surface area contributed by atoms with Crippen LogP contribution in [-0.2, 0) is 9.53 Å². The molecular weight excluding hydrogens is 535 g/mol. The molecule has 0 radical (unpaired) electrons. The number of ether oxygens (including phenoxy) is 1.